The third-order valence-electron chi connectivity index (χ3n) is 6.20. The molecule has 188 valence electrons. The highest BCUT2D eigenvalue weighted by molar-refractivity contribution is 6.05. The maximum atomic E-state index is 15.1. The first-order valence-corrected chi connectivity index (χ1v) is 11.3. The van der Waals surface area contributed by atoms with Crippen LogP contribution in [0.5, 0.6) is 5.75 Å². The number of nitrogens with zero attached hydrogens (tertiary/aromatic N) is 2. The maximum absolute atomic E-state index is 15.1. The molecule has 1 aliphatic heterocycles. The number of aromatic nitrogens is 1. The molecule has 1 aliphatic rings. The van der Waals surface area contributed by atoms with Crippen molar-refractivity contribution < 1.29 is 28.2 Å². The summed E-state index contributed by atoms with van der Waals surface area (Å²) in [6, 6.07) is 10.2. The summed E-state index contributed by atoms with van der Waals surface area (Å²) in [5, 5.41) is 11.8. The molecule has 4 rings (SSSR count). The average Bonchev–Trinajstić information content (AvgIpc) is 3.15. The van der Waals surface area contributed by atoms with Crippen molar-refractivity contribution in [1.29, 1.82) is 0 Å². The Morgan fingerprint density at radius 2 is 1.81 bits per heavy atom. The normalized spacial score (nSPS) is 17.4. The van der Waals surface area contributed by atoms with Crippen molar-refractivity contribution in [3.05, 3.63) is 93.4 Å². The van der Waals surface area contributed by atoms with Gasteiger partial charge in [0.1, 0.15) is 29.1 Å². The second-order valence-electron chi connectivity index (χ2n) is 8.49. The van der Waals surface area contributed by atoms with Gasteiger partial charge in [0.05, 0.1) is 13.7 Å². The summed E-state index contributed by atoms with van der Waals surface area (Å²) in [5.74, 6) is -4.33. The SMILES string of the molecule is COc1cc(F)c([C@@H]2CN(c3cccn(CCO)c3=O)C(=O)[C@H]2NC(=O)c2ccc(C)cc2)c(F)c1. The highest BCUT2D eigenvalue weighted by atomic mass is 19.1. The van der Waals surface area contributed by atoms with Gasteiger partial charge >= 0.3 is 0 Å². The lowest BCUT2D eigenvalue weighted by molar-refractivity contribution is -0.118. The quantitative estimate of drug-likeness (QED) is 0.522. The number of hydrogen-bond acceptors (Lipinski definition) is 5. The van der Waals surface area contributed by atoms with Crippen LogP contribution in [0.4, 0.5) is 14.5 Å². The average molecular weight is 497 g/mol. The van der Waals surface area contributed by atoms with Crippen LogP contribution < -0.4 is 20.5 Å². The molecule has 10 heteroatoms. The summed E-state index contributed by atoms with van der Waals surface area (Å²) >= 11 is 0. The minimum absolute atomic E-state index is 0.00740. The number of pyridine rings is 1. The van der Waals surface area contributed by atoms with Crippen LogP contribution in [0, 0.1) is 18.6 Å². The third-order valence-corrected chi connectivity index (χ3v) is 6.20. The van der Waals surface area contributed by atoms with Crippen molar-refractivity contribution in [1.82, 2.24) is 9.88 Å². The largest absolute Gasteiger partial charge is 0.497 e. The molecule has 0 spiro atoms. The molecule has 0 saturated carbocycles. The summed E-state index contributed by atoms with van der Waals surface area (Å²) in [5.41, 5.74) is 0.221. The van der Waals surface area contributed by atoms with Gasteiger partial charge in [0.2, 0.25) is 5.91 Å². The molecule has 8 nitrogen and oxygen atoms in total. The molecule has 1 saturated heterocycles. The first-order chi connectivity index (χ1) is 17.2. The van der Waals surface area contributed by atoms with Crippen molar-refractivity contribution in [2.45, 2.75) is 25.4 Å². The van der Waals surface area contributed by atoms with Gasteiger partial charge in [-0.2, -0.15) is 0 Å². The van der Waals surface area contributed by atoms with Gasteiger partial charge in [-0.25, -0.2) is 8.78 Å². The highest BCUT2D eigenvalue weighted by Gasteiger charge is 2.46. The molecule has 0 radical (unpaired) electrons. The van der Waals surface area contributed by atoms with E-state index in [9.17, 15) is 19.5 Å². The molecule has 2 amide bonds. The number of ether oxygens (including phenoxy) is 1. The molecular formula is C26H25F2N3O5. The van der Waals surface area contributed by atoms with Crippen molar-refractivity contribution in [2.75, 3.05) is 25.2 Å². The molecular weight excluding hydrogens is 472 g/mol. The second-order valence-corrected chi connectivity index (χ2v) is 8.49. The summed E-state index contributed by atoms with van der Waals surface area (Å²) in [6.07, 6.45) is 1.46. The van der Waals surface area contributed by atoms with E-state index in [1.807, 2.05) is 6.92 Å². The Hall–Kier alpha value is -4.05. The number of carbonyl (C=O) groups excluding carboxylic acids is 2. The van der Waals surface area contributed by atoms with Gasteiger partial charge in [0.15, 0.2) is 0 Å². The minimum atomic E-state index is -1.35. The highest BCUT2D eigenvalue weighted by Crippen LogP contribution is 2.35. The molecule has 2 aromatic carbocycles. The van der Waals surface area contributed by atoms with E-state index in [0.717, 1.165) is 22.6 Å². The number of carbonyl (C=O) groups is 2. The van der Waals surface area contributed by atoms with Crippen LogP contribution in [-0.4, -0.2) is 47.8 Å². The fraction of sp³-hybridized carbons (Fsp3) is 0.269. The van der Waals surface area contributed by atoms with Crippen LogP contribution in [0.1, 0.15) is 27.4 Å². The topological polar surface area (TPSA) is 101 Å². The zero-order chi connectivity index (χ0) is 26.0. The van der Waals surface area contributed by atoms with Gasteiger partial charge in [0, 0.05) is 48.5 Å². The minimum Gasteiger partial charge on any atom is -0.497 e. The third kappa shape index (κ3) is 4.72. The Morgan fingerprint density at radius 1 is 1.14 bits per heavy atom. The zero-order valence-electron chi connectivity index (χ0n) is 19.7. The Morgan fingerprint density at radius 3 is 2.42 bits per heavy atom. The molecule has 2 atom stereocenters. The standard InChI is InChI=1S/C26H25F2N3O5/c1-15-5-7-16(8-6-15)24(33)29-23-18(22-19(27)12-17(36-2)13-20(22)28)14-31(26(23)35)21-4-3-9-30(10-11-32)25(21)34/h3-9,12-13,18,23,32H,10-11,14H2,1-2H3,(H,29,33)/t18-,23-/m0/s1. The van der Waals surface area contributed by atoms with Crippen LogP contribution in [-0.2, 0) is 11.3 Å². The van der Waals surface area contributed by atoms with E-state index in [2.05, 4.69) is 5.32 Å². The lowest BCUT2D eigenvalue weighted by Crippen LogP contribution is -2.44. The smallest absolute Gasteiger partial charge is 0.274 e. The number of amides is 2. The number of rotatable bonds is 7. The van der Waals surface area contributed by atoms with Crippen LogP contribution in [0.3, 0.4) is 0 Å². The Labute approximate surface area is 205 Å². The van der Waals surface area contributed by atoms with Crippen molar-refractivity contribution in [2.24, 2.45) is 0 Å². The molecule has 0 aliphatic carbocycles. The van der Waals surface area contributed by atoms with Crippen molar-refractivity contribution >= 4 is 17.5 Å². The lowest BCUT2D eigenvalue weighted by atomic mass is 9.92. The van der Waals surface area contributed by atoms with Gasteiger partial charge in [-0.1, -0.05) is 17.7 Å². The van der Waals surface area contributed by atoms with Crippen molar-refractivity contribution in [3.8, 4) is 5.75 Å². The first kappa shape index (κ1) is 25.1. The monoisotopic (exact) mass is 497 g/mol. The number of benzene rings is 2. The van der Waals surface area contributed by atoms with E-state index >= 15 is 8.78 Å². The lowest BCUT2D eigenvalue weighted by Gasteiger charge is -2.20. The van der Waals surface area contributed by atoms with Crippen LogP contribution >= 0.6 is 0 Å². The zero-order valence-corrected chi connectivity index (χ0v) is 19.7. The number of aliphatic hydroxyl groups is 1. The van der Waals surface area contributed by atoms with Crippen LogP contribution in [0.25, 0.3) is 0 Å². The molecule has 36 heavy (non-hydrogen) atoms. The van der Waals surface area contributed by atoms with Gasteiger partial charge < -0.3 is 24.6 Å². The van der Waals surface area contributed by atoms with E-state index in [-0.39, 0.29) is 36.7 Å². The number of halogens is 2. The summed E-state index contributed by atoms with van der Waals surface area (Å²) in [7, 11) is 1.27. The number of anilines is 1. The maximum Gasteiger partial charge on any atom is 0.274 e. The second kappa shape index (κ2) is 10.3. The van der Waals surface area contributed by atoms with Gasteiger partial charge in [0.25, 0.3) is 11.5 Å². The fourth-order valence-electron chi connectivity index (χ4n) is 4.35. The molecule has 1 fully saturated rings. The summed E-state index contributed by atoms with van der Waals surface area (Å²) in [4.78, 5) is 40.5. The molecule has 3 aromatic rings. The first-order valence-electron chi connectivity index (χ1n) is 11.3. The number of methoxy groups -OCH3 is 1. The van der Waals surface area contributed by atoms with E-state index in [1.165, 1.54) is 30.0 Å². The summed E-state index contributed by atoms with van der Waals surface area (Å²) in [6.45, 7) is 1.32. The van der Waals surface area contributed by atoms with E-state index < -0.39 is 46.5 Å². The van der Waals surface area contributed by atoms with E-state index in [4.69, 9.17) is 4.74 Å². The molecule has 0 unspecified atom stereocenters. The van der Waals surface area contributed by atoms with Gasteiger partial charge in [-0.3, -0.25) is 14.4 Å². The number of hydrogen-bond donors (Lipinski definition) is 2. The molecule has 1 aromatic heterocycles. The molecule has 2 heterocycles. The number of aryl methyl sites for hydroxylation is 1. The van der Waals surface area contributed by atoms with Gasteiger partial charge in [-0.05, 0) is 31.2 Å². The van der Waals surface area contributed by atoms with Crippen LogP contribution in [0.2, 0.25) is 0 Å². The summed E-state index contributed by atoms with van der Waals surface area (Å²) < 4.78 is 36.3. The Balaban J connectivity index is 1.77. The predicted octanol–water partition coefficient (Wildman–Crippen LogP) is 2.36. The molecule has 0 bridgehead atoms. The van der Waals surface area contributed by atoms with E-state index in [1.54, 1.807) is 24.3 Å². The number of aliphatic hydroxyl groups excluding tert-OH is 1. The van der Waals surface area contributed by atoms with Crippen molar-refractivity contribution in [3.63, 3.8) is 0 Å². The van der Waals surface area contributed by atoms with Gasteiger partial charge in [-0.15, -0.1) is 0 Å². The number of nitrogens with one attached hydrogen (secondary N) is 1. The van der Waals surface area contributed by atoms with Crippen LogP contribution in [0.15, 0.2) is 59.5 Å². The Kier molecular flexibility index (Phi) is 7.16. The molecule has 2 N–H and O–H groups in total. The van der Waals surface area contributed by atoms with E-state index in [0.29, 0.717) is 0 Å². The Bertz CT molecular complexity index is 1330. The fourth-order valence-corrected chi connectivity index (χ4v) is 4.35. The predicted molar refractivity (Wildman–Crippen MR) is 128 cm³/mol.